The molecule has 1 amide bonds. The number of nitrogens with zero attached hydrogens (tertiary/aromatic N) is 3. The van der Waals surface area contributed by atoms with Crippen molar-refractivity contribution in [2.45, 2.75) is 38.4 Å². The highest BCUT2D eigenvalue weighted by Crippen LogP contribution is 2.32. The van der Waals surface area contributed by atoms with Gasteiger partial charge in [-0.2, -0.15) is 13.2 Å². The van der Waals surface area contributed by atoms with Crippen LogP contribution in [0, 0.1) is 0 Å². The number of carboxylic acids is 1. The van der Waals surface area contributed by atoms with Crippen molar-refractivity contribution in [2.75, 3.05) is 16.8 Å². The number of hydrogen-bond donors (Lipinski definition) is 2. The number of para-hydroxylation sites is 1. The fraction of sp³-hybridized carbons (Fsp3) is 0.368. The summed E-state index contributed by atoms with van der Waals surface area (Å²) < 4.78 is 40.1. The molecule has 7 nitrogen and oxygen atoms in total. The Morgan fingerprint density at radius 1 is 1.24 bits per heavy atom. The van der Waals surface area contributed by atoms with Crippen LogP contribution in [-0.4, -0.2) is 39.5 Å². The number of nitrogens with one attached hydrogen (secondary N) is 1. The van der Waals surface area contributed by atoms with Gasteiger partial charge in [-0.05, 0) is 38.3 Å². The molecular formula is C19H19F3N4O3. The van der Waals surface area contributed by atoms with E-state index in [1.54, 1.807) is 11.8 Å². The molecule has 1 saturated carbocycles. The number of carbonyl (C=O) groups is 2. The third kappa shape index (κ3) is 4.47. The van der Waals surface area contributed by atoms with E-state index in [9.17, 15) is 27.9 Å². The van der Waals surface area contributed by atoms with Crippen molar-refractivity contribution >= 4 is 23.5 Å². The van der Waals surface area contributed by atoms with Gasteiger partial charge >= 0.3 is 12.1 Å². The molecule has 1 heterocycles. The zero-order valence-corrected chi connectivity index (χ0v) is 15.5. The molecule has 2 aromatic rings. The van der Waals surface area contributed by atoms with Gasteiger partial charge in [0.05, 0.1) is 11.3 Å². The van der Waals surface area contributed by atoms with Crippen LogP contribution in [0.15, 0.2) is 30.3 Å². The van der Waals surface area contributed by atoms with Crippen LogP contribution in [0.3, 0.4) is 0 Å². The van der Waals surface area contributed by atoms with Gasteiger partial charge < -0.3 is 15.3 Å². The van der Waals surface area contributed by atoms with Crippen LogP contribution < -0.4 is 10.2 Å². The van der Waals surface area contributed by atoms with Gasteiger partial charge in [0.1, 0.15) is 5.69 Å². The van der Waals surface area contributed by atoms with Gasteiger partial charge in [-0.1, -0.05) is 12.1 Å². The third-order valence-corrected chi connectivity index (χ3v) is 4.76. The lowest BCUT2D eigenvalue weighted by Gasteiger charge is -2.37. The van der Waals surface area contributed by atoms with Gasteiger partial charge in [0.2, 0.25) is 5.95 Å². The Bertz CT molecular complexity index is 929. The largest absolute Gasteiger partial charge is 0.478 e. The molecule has 0 saturated heterocycles. The summed E-state index contributed by atoms with van der Waals surface area (Å²) in [4.78, 5) is 33.2. The Morgan fingerprint density at radius 2 is 1.93 bits per heavy atom. The van der Waals surface area contributed by atoms with Gasteiger partial charge in [0.15, 0.2) is 5.69 Å². The lowest BCUT2D eigenvalue weighted by atomic mass is 9.92. The molecule has 1 aromatic heterocycles. The van der Waals surface area contributed by atoms with Crippen LogP contribution in [0.25, 0.3) is 0 Å². The van der Waals surface area contributed by atoms with E-state index in [1.165, 1.54) is 24.3 Å². The van der Waals surface area contributed by atoms with Crippen LogP contribution >= 0.6 is 0 Å². The zero-order chi connectivity index (χ0) is 21.2. The summed E-state index contributed by atoms with van der Waals surface area (Å²) in [5.74, 6) is -2.39. The first-order chi connectivity index (χ1) is 13.7. The Balaban J connectivity index is 1.98. The van der Waals surface area contributed by atoms with Gasteiger partial charge in [-0.25, -0.2) is 14.8 Å². The summed E-state index contributed by atoms with van der Waals surface area (Å²) in [6, 6.07) is 6.20. The van der Waals surface area contributed by atoms with Crippen LogP contribution in [0.5, 0.6) is 0 Å². The maximum atomic E-state index is 13.4. The van der Waals surface area contributed by atoms with Crippen LogP contribution in [0.2, 0.25) is 0 Å². The predicted octanol–water partition coefficient (Wildman–Crippen LogP) is 3.82. The third-order valence-electron chi connectivity index (χ3n) is 4.76. The topological polar surface area (TPSA) is 95.4 Å². The van der Waals surface area contributed by atoms with E-state index in [2.05, 4.69) is 15.3 Å². The van der Waals surface area contributed by atoms with Crippen molar-refractivity contribution < 1.29 is 27.9 Å². The molecule has 1 aromatic carbocycles. The molecule has 1 aliphatic carbocycles. The number of halogens is 3. The first-order valence-electron chi connectivity index (χ1n) is 9.07. The second kappa shape index (κ2) is 8.06. The highest BCUT2D eigenvalue weighted by Gasteiger charge is 2.36. The number of alkyl halides is 3. The monoisotopic (exact) mass is 408 g/mol. The lowest BCUT2D eigenvalue weighted by Crippen LogP contribution is -2.41. The quantitative estimate of drug-likeness (QED) is 0.754. The molecule has 3 rings (SSSR count). The predicted molar refractivity (Wildman–Crippen MR) is 99.0 cm³/mol. The Hall–Kier alpha value is -3.17. The minimum Gasteiger partial charge on any atom is -0.478 e. The number of carbonyl (C=O) groups excluding carboxylic acids is 1. The molecule has 0 aliphatic heterocycles. The second-order valence-electron chi connectivity index (χ2n) is 6.61. The Labute approximate surface area is 164 Å². The minimum atomic E-state index is -4.76. The Morgan fingerprint density at radius 3 is 2.48 bits per heavy atom. The second-order valence-corrected chi connectivity index (χ2v) is 6.61. The molecular weight excluding hydrogens is 389 g/mol. The summed E-state index contributed by atoms with van der Waals surface area (Å²) in [5, 5.41) is 11.5. The first-order valence-corrected chi connectivity index (χ1v) is 9.07. The summed E-state index contributed by atoms with van der Waals surface area (Å²) >= 11 is 0. The SMILES string of the molecule is CCN(c1nc(C(=O)Nc2ccccc2C(=O)O)cc(C(F)(F)F)n1)C1CCC1. The van der Waals surface area contributed by atoms with E-state index >= 15 is 0 Å². The molecule has 0 atom stereocenters. The van der Waals surface area contributed by atoms with Crippen molar-refractivity contribution in [3.8, 4) is 0 Å². The number of rotatable bonds is 6. The van der Waals surface area contributed by atoms with Crippen molar-refractivity contribution in [2.24, 2.45) is 0 Å². The molecule has 2 N–H and O–H groups in total. The molecule has 10 heteroatoms. The molecule has 0 bridgehead atoms. The highest BCUT2D eigenvalue weighted by atomic mass is 19.4. The van der Waals surface area contributed by atoms with E-state index in [0.29, 0.717) is 12.6 Å². The zero-order valence-electron chi connectivity index (χ0n) is 15.5. The molecule has 0 unspecified atom stereocenters. The average molecular weight is 408 g/mol. The van der Waals surface area contributed by atoms with E-state index in [1.807, 2.05) is 0 Å². The van der Waals surface area contributed by atoms with Crippen molar-refractivity contribution in [1.29, 1.82) is 0 Å². The fourth-order valence-electron chi connectivity index (χ4n) is 3.05. The van der Waals surface area contributed by atoms with Crippen LogP contribution in [0.4, 0.5) is 24.8 Å². The molecule has 0 spiro atoms. The normalized spacial score (nSPS) is 14.2. The summed E-state index contributed by atoms with van der Waals surface area (Å²) in [7, 11) is 0. The number of hydrogen-bond acceptors (Lipinski definition) is 5. The minimum absolute atomic E-state index is 0.0344. The van der Waals surface area contributed by atoms with Gasteiger partial charge in [-0.15, -0.1) is 0 Å². The van der Waals surface area contributed by atoms with Gasteiger partial charge in [-0.3, -0.25) is 4.79 Å². The molecule has 1 aliphatic rings. The molecule has 29 heavy (non-hydrogen) atoms. The number of benzene rings is 1. The van der Waals surface area contributed by atoms with Crippen molar-refractivity contribution in [1.82, 2.24) is 9.97 Å². The summed E-state index contributed by atoms with van der Waals surface area (Å²) in [6.45, 7) is 2.18. The van der Waals surface area contributed by atoms with Gasteiger partial charge in [0, 0.05) is 18.7 Å². The first kappa shape index (κ1) is 20.6. The maximum Gasteiger partial charge on any atom is 0.433 e. The number of anilines is 2. The van der Waals surface area contributed by atoms with Crippen molar-refractivity contribution in [3.63, 3.8) is 0 Å². The average Bonchev–Trinajstić information content (AvgIpc) is 2.63. The van der Waals surface area contributed by atoms with E-state index in [-0.39, 0.29) is 23.2 Å². The summed E-state index contributed by atoms with van der Waals surface area (Å²) in [5.41, 5.74) is -1.93. The fourth-order valence-corrected chi connectivity index (χ4v) is 3.05. The number of amides is 1. The standard InChI is InChI=1S/C19H19F3N4O3/c1-2-26(11-6-5-7-11)18-24-14(10-15(25-18)19(20,21)22)16(27)23-13-9-4-3-8-12(13)17(28)29/h3-4,8-11H,2,5-7H2,1H3,(H,23,27)(H,28,29). The van der Waals surface area contributed by atoms with E-state index in [4.69, 9.17) is 0 Å². The summed E-state index contributed by atoms with van der Waals surface area (Å²) in [6.07, 6.45) is -2.15. The Kier molecular flexibility index (Phi) is 5.71. The molecule has 0 radical (unpaired) electrons. The smallest absolute Gasteiger partial charge is 0.433 e. The highest BCUT2D eigenvalue weighted by molar-refractivity contribution is 6.06. The number of carboxylic acid groups (broad SMARTS) is 1. The molecule has 154 valence electrons. The van der Waals surface area contributed by atoms with E-state index in [0.717, 1.165) is 19.3 Å². The van der Waals surface area contributed by atoms with Gasteiger partial charge in [0.25, 0.3) is 5.91 Å². The molecule has 1 fully saturated rings. The van der Waals surface area contributed by atoms with Crippen LogP contribution in [-0.2, 0) is 6.18 Å². The number of aromatic carboxylic acids is 1. The lowest BCUT2D eigenvalue weighted by molar-refractivity contribution is -0.141. The van der Waals surface area contributed by atoms with E-state index < -0.39 is 29.4 Å². The van der Waals surface area contributed by atoms with Crippen LogP contribution in [0.1, 0.15) is 52.7 Å². The maximum absolute atomic E-state index is 13.4. The van der Waals surface area contributed by atoms with Crippen molar-refractivity contribution in [3.05, 3.63) is 47.3 Å². The number of aromatic nitrogens is 2.